The van der Waals surface area contributed by atoms with Crippen molar-refractivity contribution in [3.05, 3.63) is 0 Å². The Labute approximate surface area is 111 Å². The minimum Gasteiger partial charge on any atom is -0.379 e. The average Bonchev–Trinajstić information content (AvgIpc) is 3.06. The molecule has 0 bridgehead atoms. The second-order valence-corrected chi connectivity index (χ2v) is 5.87. The number of ether oxygens (including phenoxy) is 2. The van der Waals surface area contributed by atoms with E-state index in [1.54, 1.807) is 0 Å². The molecule has 18 heavy (non-hydrogen) atoms. The molecule has 4 heteroatoms. The number of nitrogens with one attached hydrogen (secondary N) is 1. The molecule has 0 radical (unpaired) electrons. The topological polar surface area (TPSA) is 33.7 Å². The molecule has 1 N–H and O–H groups in total. The van der Waals surface area contributed by atoms with E-state index in [4.69, 9.17) is 9.47 Å². The van der Waals surface area contributed by atoms with Gasteiger partial charge >= 0.3 is 0 Å². The van der Waals surface area contributed by atoms with Crippen molar-refractivity contribution in [3.8, 4) is 0 Å². The summed E-state index contributed by atoms with van der Waals surface area (Å²) >= 11 is 0. The van der Waals surface area contributed by atoms with Crippen LogP contribution in [0.1, 0.15) is 32.1 Å². The summed E-state index contributed by atoms with van der Waals surface area (Å²) in [6.45, 7) is 3.75. The van der Waals surface area contributed by atoms with Gasteiger partial charge in [0, 0.05) is 19.2 Å². The molecule has 2 fully saturated rings. The summed E-state index contributed by atoms with van der Waals surface area (Å²) in [5.74, 6) is 0. The number of nitrogens with zero attached hydrogens (tertiary/aromatic N) is 1. The Hall–Kier alpha value is -0.160. The third kappa shape index (κ3) is 5.65. The molecule has 1 saturated carbocycles. The summed E-state index contributed by atoms with van der Waals surface area (Å²) in [5.41, 5.74) is 0. The molecule has 4 nitrogen and oxygen atoms in total. The van der Waals surface area contributed by atoms with Crippen LogP contribution in [-0.2, 0) is 9.47 Å². The largest absolute Gasteiger partial charge is 0.379 e. The molecule has 1 saturated heterocycles. The Kier molecular flexibility index (Phi) is 5.89. The minimum atomic E-state index is 0.329. The smallest absolute Gasteiger partial charge is 0.0813 e. The molecule has 2 unspecified atom stereocenters. The molecule has 1 aliphatic heterocycles. The molecule has 0 aromatic rings. The monoisotopic (exact) mass is 256 g/mol. The van der Waals surface area contributed by atoms with Crippen LogP contribution in [0.3, 0.4) is 0 Å². The van der Waals surface area contributed by atoms with Crippen molar-refractivity contribution in [1.29, 1.82) is 0 Å². The molecule has 2 atom stereocenters. The molecular weight excluding hydrogens is 228 g/mol. The maximum Gasteiger partial charge on any atom is 0.0813 e. The number of rotatable bonds is 9. The van der Waals surface area contributed by atoms with E-state index in [0.717, 1.165) is 45.2 Å². The first-order chi connectivity index (χ1) is 8.74. The Balaban J connectivity index is 1.44. The molecule has 1 heterocycles. The summed E-state index contributed by atoms with van der Waals surface area (Å²) in [6, 6.07) is 0.787. The summed E-state index contributed by atoms with van der Waals surface area (Å²) in [6.07, 6.45) is 6.90. The molecule has 0 spiro atoms. The first-order valence-electron chi connectivity index (χ1n) is 7.35. The van der Waals surface area contributed by atoms with Crippen molar-refractivity contribution < 1.29 is 9.47 Å². The number of hydrogen-bond acceptors (Lipinski definition) is 4. The zero-order valence-corrected chi connectivity index (χ0v) is 11.9. The lowest BCUT2D eigenvalue weighted by Crippen LogP contribution is -2.29. The van der Waals surface area contributed by atoms with E-state index in [1.165, 1.54) is 19.3 Å². The first kappa shape index (κ1) is 14.3. The van der Waals surface area contributed by atoms with Crippen LogP contribution in [0.25, 0.3) is 0 Å². The molecule has 2 aliphatic rings. The van der Waals surface area contributed by atoms with Crippen molar-refractivity contribution in [2.75, 3.05) is 40.4 Å². The Morgan fingerprint density at radius 1 is 1.17 bits per heavy atom. The maximum absolute atomic E-state index is 5.97. The van der Waals surface area contributed by atoms with Crippen molar-refractivity contribution in [1.82, 2.24) is 10.2 Å². The van der Waals surface area contributed by atoms with Crippen LogP contribution in [-0.4, -0.2) is 63.5 Å². The fourth-order valence-electron chi connectivity index (χ4n) is 2.34. The van der Waals surface area contributed by atoms with Crippen molar-refractivity contribution >= 4 is 0 Å². The molecule has 1 aliphatic carbocycles. The van der Waals surface area contributed by atoms with Gasteiger partial charge in [-0.2, -0.15) is 0 Å². The quantitative estimate of drug-likeness (QED) is 0.630. The van der Waals surface area contributed by atoms with Gasteiger partial charge in [-0.15, -0.1) is 0 Å². The highest BCUT2D eigenvalue weighted by molar-refractivity contribution is 4.84. The highest BCUT2D eigenvalue weighted by Crippen LogP contribution is 2.22. The van der Waals surface area contributed by atoms with E-state index >= 15 is 0 Å². The van der Waals surface area contributed by atoms with E-state index in [1.807, 2.05) is 0 Å². The SMILES string of the molecule is CN(C)CCCOCC1CCC(CNC2CC2)O1. The first-order valence-corrected chi connectivity index (χ1v) is 7.35. The van der Waals surface area contributed by atoms with Crippen molar-refractivity contribution in [3.63, 3.8) is 0 Å². The maximum atomic E-state index is 5.97. The second kappa shape index (κ2) is 7.43. The number of hydrogen-bond donors (Lipinski definition) is 1. The van der Waals surface area contributed by atoms with Crippen LogP contribution in [0.4, 0.5) is 0 Å². The lowest BCUT2D eigenvalue weighted by molar-refractivity contribution is -0.0154. The fraction of sp³-hybridized carbons (Fsp3) is 1.00. The van der Waals surface area contributed by atoms with Gasteiger partial charge in [-0.25, -0.2) is 0 Å². The van der Waals surface area contributed by atoms with E-state index in [-0.39, 0.29) is 0 Å². The molecule has 0 amide bonds. The minimum absolute atomic E-state index is 0.329. The van der Waals surface area contributed by atoms with E-state index in [9.17, 15) is 0 Å². The average molecular weight is 256 g/mol. The lowest BCUT2D eigenvalue weighted by Gasteiger charge is -2.15. The lowest BCUT2D eigenvalue weighted by atomic mass is 10.2. The van der Waals surface area contributed by atoms with E-state index in [2.05, 4.69) is 24.3 Å². The molecule has 0 aromatic heterocycles. The zero-order valence-electron chi connectivity index (χ0n) is 11.9. The van der Waals surface area contributed by atoms with Crippen LogP contribution in [0.2, 0.25) is 0 Å². The Bertz CT molecular complexity index is 232. The van der Waals surface area contributed by atoms with Gasteiger partial charge in [-0.3, -0.25) is 0 Å². The van der Waals surface area contributed by atoms with Gasteiger partial charge in [0.25, 0.3) is 0 Å². The summed E-state index contributed by atoms with van der Waals surface area (Å²) in [5, 5.41) is 3.54. The zero-order chi connectivity index (χ0) is 12.8. The van der Waals surface area contributed by atoms with Gasteiger partial charge in [0.2, 0.25) is 0 Å². The van der Waals surface area contributed by atoms with Gasteiger partial charge in [-0.1, -0.05) is 0 Å². The third-order valence-electron chi connectivity index (χ3n) is 3.60. The summed E-state index contributed by atoms with van der Waals surface area (Å²) in [4.78, 5) is 2.19. The van der Waals surface area contributed by atoms with Gasteiger partial charge in [0.15, 0.2) is 0 Å². The van der Waals surface area contributed by atoms with E-state index < -0.39 is 0 Å². The molecule has 0 aromatic carbocycles. The third-order valence-corrected chi connectivity index (χ3v) is 3.60. The van der Waals surface area contributed by atoms with Gasteiger partial charge in [0.1, 0.15) is 0 Å². The van der Waals surface area contributed by atoms with Crippen LogP contribution in [0.5, 0.6) is 0 Å². The van der Waals surface area contributed by atoms with Crippen LogP contribution in [0, 0.1) is 0 Å². The standard InChI is InChI=1S/C14H28N2O2/c1-16(2)8-3-9-17-11-14-7-6-13(18-14)10-15-12-4-5-12/h12-15H,3-11H2,1-2H3. The second-order valence-electron chi connectivity index (χ2n) is 5.87. The molecule has 106 valence electrons. The Morgan fingerprint density at radius 2 is 1.94 bits per heavy atom. The van der Waals surface area contributed by atoms with Gasteiger partial charge in [-0.05, 0) is 52.7 Å². The van der Waals surface area contributed by atoms with Crippen LogP contribution in [0.15, 0.2) is 0 Å². The highest BCUT2D eigenvalue weighted by Gasteiger charge is 2.27. The predicted molar refractivity (Wildman–Crippen MR) is 72.9 cm³/mol. The van der Waals surface area contributed by atoms with Crippen molar-refractivity contribution in [2.45, 2.75) is 50.4 Å². The predicted octanol–water partition coefficient (Wildman–Crippen LogP) is 1.25. The summed E-state index contributed by atoms with van der Waals surface area (Å²) in [7, 11) is 4.19. The molecule has 2 rings (SSSR count). The normalized spacial score (nSPS) is 28.2. The van der Waals surface area contributed by atoms with E-state index in [0.29, 0.717) is 12.2 Å². The van der Waals surface area contributed by atoms with Gasteiger partial charge in [0.05, 0.1) is 18.8 Å². The van der Waals surface area contributed by atoms with Crippen LogP contribution < -0.4 is 5.32 Å². The van der Waals surface area contributed by atoms with Gasteiger partial charge < -0.3 is 19.7 Å². The molecular formula is C14H28N2O2. The summed E-state index contributed by atoms with van der Waals surface area (Å²) < 4.78 is 11.7. The van der Waals surface area contributed by atoms with Crippen molar-refractivity contribution in [2.24, 2.45) is 0 Å². The fourth-order valence-corrected chi connectivity index (χ4v) is 2.34. The Morgan fingerprint density at radius 3 is 2.67 bits per heavy atom. The van der Waals surface area contributed by atoms with Crippen LogP contribution >= 0.6 is 0 Å². The highest BCUT2D eigenvalue weighted by atomic mass is 16.5.